The molecule has 0 aliphatic carbocycles. The second-order valence-corrected chi connectivity index (χ2v) is 6.34. The third-order valence-corrected chi connectivity index (χ3v) is 4.49. The molecule has 3 aromatic rings. The summed E-state index contributed by atoms with van der Waals surface area (Å²) in [4.78, 5) is 41.0. The van der Waals surface area contributed by atoms with Crippen molar-refractivity contribution in [3.8, 4) is 11.5 Å². The Morgan fingerprint density at radius 2 is 1.81 bits per heavy atom. The number of ether oxygens (including phenoxy) is 4. The number of rotatable bonds is 5. The lowest BCUT2D eigenvalue weighted by Gasteiger charge is -2.11. The summed E-state index contributed by atoms with van der Waals surface area (Å²) in [5.41, 5.74) is 1.78. The van der Waals surface area contributed by atoms with Crippen LogP contribution >= 0.6 is 0 Å². The molecule has 3 heterocycles. The SMILES string of the molecule is CCOC(=O)Oc1cn2ncnc(C3C(=O)Nc4ccccc43)c2c1OC(=O)OCC. The summed E-state index contributed by atoms with van der Waals surface area (Å²) >= 11 is 0. The standard InChI is InChI=1S/C20H18N4O7/c1-3-28-19(26)30-13-9-24-16(17(13)31-20(27)29-4-2)15(21-10-22-24)14-11-7-5-6-8-12(11)23-18(14)25/h5-10,14H,3-4H2,1-2H3,(H,23,25). The minimum Gasteiger partial charge on any atom is -0.434 e. The number of carbonyl (C=O) groups is 3. The molecule has 2 aromatic heterocycles. The van der Waals surface area contributed by atoms with Crippen molar-refractivity contribution in [3.63, 3.8) is 0 Å². The van der Waals surface area contributed by atoms with Crippen LogP contribution in [0, 0.1) is 0 Å². The summed E-state index contributed by atoms with van der Waals surface area (Å²) in [7, 11) is 0. The van der Waals surface area contributed by atoms with Crippen molar-refractivity contribution in [3.05, 3.63) is 48.0 Å². The Morgan fingerprint density at radius 1 is 1.10 bits per heavy atom. The predicted molar refractivity (Wildman–Crippen MR) is 105 cm³/mol. The van der Waals surface area contributed by atoms with Crippen LogP contribution in [-0.2, 0) is 14.3 Å². The van der Waals surface area contributed by atoms with Gasteiger partial charge in [-0.1, -0.05) is 18.2 Å². The van der Waals surface area contributed by atoms with Crippen molar-refractivity contribution in [2.75, 3.05) is 18.5 Å². The van der Waals surface area contributed by atoms with E-state index < -0.39 is 18.2 Å². The van der Waals surface area contributed by atoms with Crippen LogP contribution in [0.25, 0.3) is 5.52 Å². The van der Waals surface area contributed by atoms with Gasteiger partial charge in [-0.2, -0.15) is 5.10 Å². The fourth-order valence-corrected chi connectivity index (χ4v) is 3.32. The van der Waals surface area contributed by atoms with Gasteiger partial charge in [-0.3, -0.25) is 4.79 Å². The molecule has 1 aliphatic rings. The minimum absolute atomic E-state index is 0.0699. The molecule has 31 heavy (non-hydrogen) atoms. The summed E-state index contributed by atoms with van der Waals surface area (Å²) in [5, 5.41) is 6.89. The van der Waals surface area contributed by atoms with Gasteiger partial charge in [0.1, 0.15) is 17.8 Å². The van der Waals surface area contributed by atoms with E-state index in [4.69, 9.17) is 18.9 Å². The Bertz CT molecular complexity index is 1170. The van der Waals surface area contributed by atoms with E-state index in [1.165, 1.54) is 17.0 Å². The fourth-order valence-electron chi connectivity index (χ4n) is 3.32. The number of amides is 1. The van der Waals surface area contributed by atoms with Crippen molar-refractivity contribution < 1.29 is 33.3 Å². The maximum absolute atomic E-state index is 12.8. The molecule has 1 aromatic carbocycles. The largest absolute Gasteiger partial charge is 0.514 e. The highest BCUT2D eigenvalue weighted by molar-refractivity contribution is 6.06. The van der Waals surface area contributed by atoms with E-state index in [1.54, 1.807) is 38.1 Å². The average molecular weight is 426 g/mol. The molecular formula is C20H18N4O7. The van der Waals surface area contributed by atoms with Crippen molar-refractivity contribution in [2.24, 2.45) is 0 Å². The summed E-state index contributed by atoms with van der Waals surface area (Å²) in [5.74, 6) is -1.41. The monoisotopic (exact) mass is 426 g/mol. The molecule has 160 valence electrons. The number of aromatic nitrogens is 3. The van der Waals surface area contributed by atoms with Crippen LogP contribution in [-0.4, -0.2) is 46.0 Å². The van der Waals surface area contributed by atoms with Gasteiger partial charge in [0.05, 0.1) is 25.1 Å². The van der Waals surface area contributed by atoms with E-state index in [9.17, 15) is 14.4 Å². The first-order valence-electron chi connectivity index (χ1n) is 9.48. The zero-order chi connectivity index (χ0) is 22.0. The molecular weight excluding hydrogens is 408 g/mol. The zero-order valence-electron chi connectivity index (χ0n) is 16.7. The molecule has 1 amide bonds. The van der Waals surface area contributed by atoms with E-state index in [1.807, 2.05) is 0 Å². The molecule has 0 saturated carbocycles. The first-order valence-corrected chi connectivity index (χ1v) is 9.48. The van der Waals surface area contributed by atoms with Crippen molar-refractivity contribution in [1.29, 1.82) is 0 Å². The van der Waals surface area contributed by atoms with Gasteiger partial charge in [-0.05, 0) is 25.5 Å². The molecule has 1 aliphatic heterocycles. The maximum Gasteiger partial charge on any atom is 0.514 e. The van der Waals surface area contributed by atoms with Crippen molar-refractivity contribution >= 4 is 29.4 Å². The quantitative estimate of drug-likeness (QED) is 0.612. The third-order valence-electron chi connectivity index (χ3n) is 4.49. The highest BCUT2D eigenvalue weighted by Gasteiger charge is 2.36. The molecule has 0 spiro atoms. The number of nitrogens with one attached hydrogen (secondary N) is 1. The van der Waals surface area contributed by atoms with Crippen LogP contribution in [0.1, 0.15) is 31.0 Å². The van der Waals surface area contributed by atoms with E-state index >= 15 is 0 Å². The number of carbonyl (C=O) groups excluding carboxylic acids is 3. The number of benzene rings is 1. The molecule has 1 unspecified atom stereocenters. The second-order valence-electron chi connectivity index (χ2n) is 6.34. The Hall–Kier alpha value is -4.15. The number of hydrogen-bond acceptors (Lipinski definition) is 9. The van der Waals surface area contributed by atoms with E-state index in [0.29, 0.717) is 11.3 Å². The van der Waals surface area contributed by atoms with Gasteiger partial charge in [0.2, 0.25) is 11.7 Å². The lowest BCUT2D eigenvalue weighted by molar-refractivity contribution is -0.116. The number of fused-ring (bicyclic) bond motifs is 2. The summed E-state index contributed by atoms with van der Waals surface area (Å²) in [6.07, 6.45) is 0.560. The molecule has 11 heteroatoms. The van der Waals surface area contributed by atoms with Gasteiger partial charge in [0, 0.05) is 5.69 Å². The van der Waals surface area contributed by atoms with Gasteiger partial charge < -0.3 is 24.3 Å². The molecule has 11 nitrogen and oxygen atoms in total. The number of para-hydroxylation sites is 1. The van der Waals surface area contributed by atoms with Gasteiger partial charge in [0.15, 0.2) is 5.75 Å². The molecule has 1 atom stereocenters. The highest BCUT2D eigenvalue weighted by atomic mass is 16.7. The molecule has 0 fully saturated rings. The number of hydrogen-bond donors (Lipinski definition) is 1. The fraction of sp³-hybridized carbons (Fsp3) is 0.250. The highest BCUT2D eigenvalue weighted by Crippen LogP contribution is 2.42. The van der Waals surface area contributed by atoms with E-state index in [0.717, 1.165) is 0 Å². The lowest BCUT2D eigenvalue weighted by atomic mass is 9.96. The van der Waals surface area contributed by atoms with Gasteiger partial charge in [-0.25, -0.2) is 19.1 Å². The summed E-state index contributed by atoms with van der Waals surface area (Å²) in [6.45, 7) is 3.39. The normalized spacial score (nSPS) is 14.6. The summed E-state index contributed by atoms with van der Waals surface area (Å²) < 4.78 is 21.5. The van der Waals surface area contributed by atoms with Crippen LogP contribution in [0.5, 0.6) is 11.5 Å². The first-order chi connectivity index (χ1) is 15.0. The molecule has 0 radical (unpaired) electrons. The maximum atomic E-state index is 12.8. The van der Waals surface area contributed by atoms with Crippen LogP contribution in [0.2, 0.25) is 0 Å². The topological polar surface area (TPSA) is 130 Å². The van der Waals surface area contributed by atoms with Crippen LogP contribution in [0.3, 0.4) is 0 Å². The first kappa shape index (κ1) is 20.1. The number of anilines is 1. The Balaban J connectivity index is 1.87. The lowest BCUT2D eigenvalue weighted by Crippen LogP contribution is -2.17. The zero-order valence-corrected chi connectivity index (χ0v) is 16.7. The Kier molecular flexibility index (Phi) is 5.39. The third kappa shape index (κ3) is 3.72. The van der Waals surface area contributed by atoms with E-state index in [2.05, 4.69) is 15.4 Å². The van der Waals surface area contributed by atoms with Crippen LogP contribution in [0.4, 0.5) is 15.3 Å². The van der Waals surface area contributed by atoms with Gasteiger partial charge in [0.25, 0.3) is 0 Å². The molecule has 4 rings (SSSR count). The smallest absolute Gasteiger partial charge is 0.434 e. The Labute approximate surface area is 175 Å². The van der Waals surface area contributed by atoms with Crippen molar-refractivity contribution in [2.45, 2.75) is 19.8 Å². The van der Waals surface area contributed by atoms with Crippen molar-refractivity contribution in [1.82, 2.24) is 14.6 Å². The van der Waals surface area contributed by atoms with Gasteiger partial charge >= 0.3 is 12.3 Å². The Morgan fingerprint density at radius 3 is 2.55 bits per heavy atom. The molecule has 0 saturated heterocycles. The number of nitrogens with zero attached hydrogens (tertiary/aromatic N) is 3. The van der Waals surface area contributed by atoms with Crippen LogP contribution in [0.15, 0.2) is 36.8 Å². The summed E-state index contributed by atoms with van der Waals surface area (Å²) in [6, 6.07) is 7.17. The van der Waals surface area contributed by atoms with Gasteiger partial charge in [-0.15, -0.1) is 0 Å². The molecule has 1 N–H and O–H groups in total. The van der Waals surface area contributed by atoms with Crippen LogP contribution < -0.4 is 14.8 Å². The average Bonchev–Trinajstić information content (AvgIpc) is 3.25. The molecule has 0 bridgehead atoms. The second kappa shape index (κ2) is 8.30. The van der Waals surface area contributed by atoms with E-state index in [-0.39, 0.29) is 41.8 Å². The minimum atomic E-state index is -1.02. The predicted octanol–water partition coefficient (Wildman–Crippen LogP) is 2.88.